The first-order valence-corrected chi connectivity index (χ1v) is 7.43. The number of ether oxygens (including phenoxy) is 3. The lowest BCUT2D eigenvalue weighted by Crippen LogP contribution is -2.29. The first kappa shape index (κ1) is 18.8. The Morgan fingerprint density at radius 2 is 1.47 bits per heavy atom. The Morgan fingerprint density at radius 1 is 0.895 bits per heavy atom. The second-order valence-electron chi connectivity index (χ2n) is 4.46. The van der Waals surface area contributed by atoms with Crippen molar-refractivity contribution >= 4 is 0 Å². The summed E-state index contributed by atoms with van der Waals surface area (Å²) >= 11 is 0. The highest BCUT2D eigenvalue weighted by atomic mass is 16.5. The second-order valence-corrected chi connectivity index (χ2v) is 4.46. The van der Waals surface area contributed by atoms with E-state index in [0.717, 1.165) is 32.4 Å². The molecule has 5 nitrogen and oxygen atoms in total. The zero-order valence-electron chi connectivity index (χ0n) is 12.5. The second kappa shape index (κ2) is 15.9. The largest absolute Gasteiger partial charge is 0.392 e. The van der Waals surface area contributed by atoms with Gasteiger partial charge in [0.1, 0.15) is 0 Å². The predicted octanol–water partition coefficient (Wildman–Crippen LogP) is 1.20. The molecule has 0 aromatic carbocycles. The van der Waals surface area contributed by atoms with Gasteiger partial charge in [-0.3, -0.25) is 0 Å². The number of rotatable bonds is 15. The summed E-state index contributed by atoms with van der Waals surface area (Å²) in [4.78, 5) is 0. The summed E-state index contributed by atoms with van der Waals surface area (Å²) in [5.74, 6) is 0. The molecule has 0 aromatic rings. The Morgan fingerprint density at radius 3 is 2.05 bits per heavy atom. The molecule has 0 radical (unpaired) electrons. The highest BCUT2D eigenvalue weighted by Gasteiger charge is 1.98. The lowest BCUT2D eigenvalue weighted by Gasteiger charge is -2.10. The third kappa shape index (κ3) is 15.7. The Hall–Kier alpha value is -0.200. The van der Waals surface area contributed by atoms with Gasteiger partial charge >= 0.3 is 0 Å². The minimum atomic E-state index is -0.254. The molecule has 0 heterocycles. The monoisotopic (exact) mass is 277 g/mol. The summed E-state index contributed by atoms with van der Waals surface area (Å²) < 4.78 is 16.1. The third-order valence-electron chi connectivity index (χ3n) is 2.66. The van der Waals surface area contributed by atoms with Crippen LogP contribution >= 0.6 is 0 Å². The number of unbranched alkanes of at least 4 members (excludes halogenated alkanes) is 1. The first-order valence-electron chi connectivity index (χ1n) is 7.43. The topological polar surface area (TPSA) is 60.0 Å². The highest BCUT2D eigenvalue weighted by molar-refractivity contribution is 4.55. The van der Waals surface area contributed by atoms with Crippen LogP contribution in [-0.4, -0.2) is 63.9 Å². The van der Waals surface area contributed by atoms with Crippen LogP contribution in [0.25, 0.3) is 0 Å². The standard InChI is InChI=1S/C14H31NO4/c1-3-5-7-17-9-11-19-12-10-18-8-6-15-13-14(16)4-2/h14-16H,3-13H2,1-2H3. The van der Waals surface area contributed by atoms with Crippen molar-refractivity contribution in [1.29, 1.82) is 0 Å². The molecular formula is C14H31NO4. The fraction of sp³-hybridized carbons (Fsp3) is 1.00. The number of nitrogens with one attached hydrogen (secondary N) is 1. The van der Waals surface area contributed by atoms with E-state index in [1.807, 2.05) is 6.92 Å². The van der Waals surface area contributed by atoms with Crippen LogP contribution in [0.1, 0.15) is 33.1 Å². The van der Waals surface area contributed by atoms with Crippen molar-refractivity contribution in [1.82, 2.24) is 5.32 Å². The molecule has 1 unspecified atom stereocenters. The maximum Gasteiger partial charge on any atom is 0.0701 e. The van der Waals surface area contributed by atoms with Crippen LogP contribution in [0.3, 0.4) is 0 Å². The van der Waals surface area contributed by atoms with Gasteiger partial charge in [-0.25, -0.2) is 0 Å². The van der Waals surface area contributed by atoms with Crippen molar-refractivity contribution in [3.05, 3.63) is 0 Å². The van der Waals surface area contributed by atoms with Crippen molar-refractivity contribution in [3.63, 3.8) is 0 Å². The van der Waals surface area contributed by atoms with E-state index in [1.165, 1.54) is 0 Å². The Bertz CT molecular complexity index is 170. The summed E-state index contributed by atoms with van der Waals surface area (Å²) in [6.07, 6.45) is 2.80. The zero-order valence-corrected chi connectivity index (χ0v) is 12.5. The number of hydrogen-bond acceptors (Lipinski definition) is 5. The molecule has 0 aliphatic rings. The van der Waals surface area contributed by atoms with Gasteiger partial charge in [0.15, 0.2) is 0 Å². The van der Waals surface area contributed by atoms with Crippen LogP contribution in [0.2, 0.25) is 0 Å². The van der Waals surface area contributed by atoms with E-state index in [9.17, 15) is 5.11 Å². The van der Waals surface area contributed by atoms with Crippen molar-refractivity contribution in [2.45, 2.75) is 39.2 Å². The van der Waals surface area contributed by atoms with Crippen molar-refractivity contribution < 1.29 is 19.3 Å². The van der Waals surface area contributed by atoms with Crippen molar-refractivity contribution in [3.8, 4) is 0 Å². The number of aliphatic hydroxyl groups is 1. The molecular weight excluding hydrogens is 246 g/mol. The molecule has 116 valence electrons. The quantitative estimate of drug-likeness (QED) is 0.440. The Labute approximate surface area is 117 Å². The zero-order chi connectivity index (χ0) is 14.2. The molecule has 0 fully saturated rings. The van der Waals surface area contributed by atoms with Gasteiger partial charge < -0.3 is 24.6 Å². The molecule has 5 heteroatoms. The van der Waals surface area contributed by atoms with Crippen LogP contribution in [0.15, 0.2) is 0 Å². The molecule has 2 N–H and O–H groups in total. The lowest BCUT2D eigenvalue weighted by atomic mass is 10.3. The lowest BCUT2D eigenvalue weighted by molar-refractivity contribution is 0.0143. The van der Waals surface area contributed by atoms with Crippen LogP contribution in [-0.2, 0) is 14.2 Å². The summed E-state index contributed by atoms with van der Waals surface area (Å²) in [5.41, 5.74) is 0. The van der Waals surface area contributed by atoms with Gasteiger partial charge in [0, 0.05) is 19.7 Å². The van der Waals surface area contributed by atoms with E-state index in [4.69, 9.17) is 14.2 Å². The summed E-state index contributed by atoms with van der Waals surface area (Å²) in [6, 6.07) is 0. The van der Waals surface area contributed by atoms with Crippen molar-refractivity contribution in [2.75, 3.05) is 52.7 Å². The van der Waals surface area contributed by atoms with Gasteiger partial charge in [-0.2, -0.15) is 0 Å². The van der Waals surface area contributed by atoms with E-state index in [2.05, 4.69) is 12.2 Å². The maximum atomic E-state index is 9.30. The molecule has 19 heavy (non-hydrogen) atoms. The molecule has 0 bridgehead atoms. The van der Waals surface area contributed by atoms with Crippen LogP contribution < -0.4 is 5.32 Å². The van der Waals surface area contributed by atoms with Gasteiger partial charge in [0.05, 0.1) is 39.1 Å². The van der Waals surface area contributed by atoms with Crippen LogP contribution in [0.5, 0.6) is 0 Å². The highest BCUT2D eigenvalue weighted by Crippen LogP contribution is 1.88. The SMILES string of the molecule is CCCCOCCOCCOCCNCC(O)CC. The molecule has 0 aromatic heterocycles. The predicted molar refractivity (Wildman–Crippen MR) is 76.5 cm³/mol. The molecule has 0 amide bonds. The van der Waals surface area contributed by atoms with Gasteiger partial charge in [-0.05, 0) is 12.8 Å². The summed E-state index contributed by atoms with van der Waals surface area (Å²) in [7, 11) is 0. The van der Waals surface area contributed by atoms with Gasteiger partial charge in [-0.15, -0.1) is 0 Å². The molecule has 0 rings (SSSR count). The Balaban J connectivity index is 2.95. The summed E-state index contributed by atoms with van der Waals surface area (Å²) in [6.45, 7) is 9.48. The van der Waals surface area contributed by atoms with E-state index in [0.29, 0.717) is 39.6 Å². The normalized spacial score (nSPS) is 12.8. The average molecular weight is 277 g/mol. The number of aliphatic hydroxyl groups excluding tert-OH is 1. The molecule has 0 aliphatic carbocycles. The van der Waals surface area contributed by atoms with Gasteiger partial charge in [-0.1, -0.05) is 20.3 Å². The first-order chi connectivity index (χ1) is 9.31. The molecule has 0 saturated carbocycles. The smallest absolute Gasteiger partial charge is 0.0701 e. The van der Waals surface area contributed by atoms with E-state index < -0.39 is 0 Å². The van der Waals surface area contributed by atoms with E-state index >= 15 is 0 Å². The molecule has 0 saturated heterocycles. The number of hydrogen-bond donors (Lipinski definition) is 2. The van der Waals surface area contributed by atoms with Gasteiger partial charge in [0.2, 0.25) is 0 Å². The molecule has 0 spiro atoms. The van der Waals surface area contributed by atoms with Gasteiger partial charge in [0.25, 0.3) is 0 Å². The van der Waals surface area contributed by atoms with E-state index in [-0.39, 0.29) is 6.10 Å². The maximum absolute atomic E-state index is 9.30. The fourth-order valence-electron chi connectivity index (χ4n) is 1.35. The third-order valence-corrected chi connectivity index (χ3v) is 2.66. The fourth-order valence-corrected chi connectivity index (χ4v) is 1.35. The van der Waals surface area contributed by atoms with Crippen molar-refractivity contribution in [2.24, 2.45) is 0 Å². The Kier molecular flexibility index (Phi) is 15.7. The summed E-state index contributed by atoms with van der Waals surface area (Å²) in [5, 5.41) is 12.4. The minimum Gasteiger partial charge on any atom is -0.392 e. The van der Waals surface area contributed by atoms with E-state index in [1.54, 1.807) is 0 Å². The molecule has 0 aliphatic heterocycles. The molecule has 1 atom stereocenters. The van der Waals surface area contributed by atoms with Crippen LogP contribution in [0.4, 0.5) is 0 Å². The minimum absolute atomic E-state index is 0.254. The van der Waals surface area contributed by atoms with Crippen LogP contribution in [0, 0.1) is 0 Å². The average Bonchev–Trinajstić information content (AvgIpc) is 2.43.